The van der Waals surface area contributed by atoms with Crippen molar-refractivity contribution in [2.24, 2.45) is 0 Å². The van der Waals surface area contributed by atoms with Gasteiger partial charge in [0.2, 0.25) is 5.91 Å². The molecule has 104 valence electrons. The van der Waals surface area contributed by atoms with Crippen LogP contribution in [0.5, 0.6) is 0 Å². The standard InChI is InChI=1S/C17H20N2O/c1-14-6-5-9-16(12-14)19-17(20)13-18-11-10-15-7-3-2-4-8-15/h2-9,12,18H,10-11,13H2,1H3,(H,19,20). The fraction of sp³-hybridized carbons (Fsp3) is 0.235. The molecule has 0 saturated heterocycles. The Hall–Kier alpha value is -2.13. The van der Waals surface area contributed by atoms with Gasteiger partial charge in [-0.1, -0.05) is 42.5 Å². The molecular weight excluding hydrogens is 248 g/mol. The molecule has 0 spiro atoms. The highest BCUT2D eigenvalue weighted by molar-refractivity contribution is 5.92. The molecule has 0 saturated carbocycles. The number of nitrogens with one attached hydrogen (secondary N) is 2. The number of hydrogen-bond acceptors (Lipinski definition) is 2. The van der Waals surface area contributed by atoms with E-state index in [2.05, 4.69) is 22.8 Å². The Labute approximate surface area is 120 Å². The lowest BCUT2D eigenvalue weighted by Crippen LogP contribution is -2.29. The average molecular weight is 268 g/mol. The fourth-order valence-corrected chi connectivity index (χ4v) is 2.01. The number of rotatable bonds is 6. The van der Waals surface area contributed by atoms with Gasteiger partial charge < -0.3 is 10.6 Å². The van der Waals surface area contributed by atoms with Crippen LogP contribution in [0.2, 0.25) is 0 Å². The maximum Gasteiger partial charge on any atom is 0.238 e. The second-order valence-corrected chi connectivity index (χ2v) is 4.83. The summed E-state index contributed by atoms with van der Waals surface area (Å²) in [6, 6.07) is 18.0. The van der Waals surface area contributed by atoms with Gasteiger partial charge in [-0.25, -0.2) is 0 Å². The quantitative estimate of drug-likeness (QED) is 0.791. The molecule has 0 atom stereocenters. The molecule has 0 unspecified atom stereocenters. The predicted octanol–water partition coefficient (Wildman–Crippen LogP) is 2.77. The summed E-state index contributed by atoms with van der Waals surface area (Å²) >= 11 is 0. The third kappa shape index (κ3) is 4.86. The number of hydrogen-bond donors (Lipinski definition) is 2. The minimum Gasteiger partial charge on any atom is -0.325 e. The average Bonchev–Trinajstić information content (AvgIpc) is 2.45. The molecule has 0 aliphatic heterocycles. The monoisotopic (exact) mass is 268 g/mol. The zero-order chi connectivity index (χ0) is 14.2. The van der Waals surface area contributed by atoms with E-state index in [1.165, 1.54) is 5.56 Å². The van der Waals surface area contributed by atoms with E-state index in [1.54, 1.807) is 0 Å². The number of anilines is 1. The maximum atomic E-state index is 11.8. The van der Waals surface area contributed by atoms with Gasteiger partial charge in [0, 0.05) is 5.69 Å². The van der Waals surface area contributed by atoms with E-state index in [9.17, 15) is 4.79 Å². The van der Waals surface area contributed by atoms with Gasteiger partial charge in [-0.2, -0.15) is 0 Å². The van der Waals surface area contributed by atoms with Gasteiger partial charge in [-0.15, -0.1) is 0 Å². The van der Waals surface area contributed by atoms with Crippen LogP contribution in [-0.4, -0.2) is 19.0 Å². The second kappa shape index (κ2) is 7.46. The number of aryl methyl sites for hydroxylation is 1. The highest BCUT2D eigenvalue weighted by Gasteiger charge is 2.01. The van der Waals surface area contributed by atoms with E-state index >= 15 is 0 Å². The molecule has 2 aromatic carbocycles. The van der Waals surface area contributed by atoms with Crippen LogP contribution in [-0.2, 0) is 11.2 Å². The van der Waals surface area contributed by atoms with Gasteiger partial charge in [0.1, 0.15) is 0 Å². The zero-order valence-electron chi connectivity index (χ0n) is 11.7. The van der Waals surface area contributed by atoms with Crippen LogP contribution in [0.1, 0.15) is 11.1 Å². The van der Waals surface area contributed by atoms with Gasteiger partial charge in [0.25, 0.3) is 0 Å². The van der Waals surface area contributed by atoms with Gasteiger partial charge in [0.15, 0.2) is 0 Å². The van der Waals surface area contributed by atoms with Crippen molar-refractivity contribution in [3.05, 3.63) is 65.7 Å². The minimum atomic E-state index is -0.0105. The maximum absolute atomic E-state index is 11.8. The fourth-order valence-electron chi connectivity index (χ4n) is 2.01. The van der Waals surface area contributed by atoms with E-state index in [0.717, 1.165) is 24.2 Å². The Bertz CT molecular complexity index is 552. The molecule has 0 bridgehead atoms. The summed E-state index contributed by atoms with van der Waals surface area (Å²) < 4.78 is 0. The van der Waals surface area contributed by atoms with Crippen LogP contribution in [0.25, 0.3) is 0 Å². The van der Waals surface area contributed by atoms with E-state index in [1.807, 2.05) is 49.4 Å². The topological polar surface area (TPSA) is 41.1 Å². The van der Waals surface area contributed by atoms with Crippen molar-refractivity contribution in [1.82, 2.24) is 5.32 Å². The van der Waals surface area contributed by atoms with Crippen LogP contribution in [0.4, 0.5) is 5.69 Å². The van der Waals surface area contributed by atoms with Crippen molar-refractivity contribution < 1.29 is 4.79 Å². The van der Waals surface area contributed by atoms with Crippen molar-refractivity contribution in [1.29, 1.82) is 0 Å². The third-order valence-electron chi connectivity index (χ3n) is 3.02. The largest absolute Gasteiger partial charge is 0.325 e. The van der Waals surface area contributed by atoms with Crippen molar-refractivity contribution in [3.63, 3.8) is 0 Å². The molecule has 1 amide bonds. The lowest BCUT2D eigenvalue weighted by molar-refractivity contribution is -0.115. The van der Waals surface area contributed by atoms with E-state index < -0.39 is 0 Å². The summed E-state index contributed by atoms with van der Waals surface area (Å²) in [4.78, 5) is 11.8. The second-order valence-electron chi connectivity index (χ2n) is 4.83. The first-order valence-corrected chi connectivity index (χ1v) is 6.85. The highest BCUT2D eigenvalue weighted by atomic mass is 16.1. The molecule has 2 aromatic rings. The molecule has 0 aromatic heterocycles. The summed E-state index contributed by atoms with van der Waals surface area (Å²) in [7, 11) is 0. The number of carbonyl (C=O) groups excluding carboxylic acids is 1. The van der Waals surface area contributed by atoms with Crippen LogP contribution in [0.3, 0.4) is 0 Å². The van der Waals surface area contributed by atoms with Crippen molar-refractivity contribution in [2.45, 2.75) is 13.3 Å². The Morgan fingerprint density at radius 3 is 2.60 bits per heavy atom. The molecule has 20 heavy (non-hydrogen) atoms. The lowest BCUT2D eigenvalue weighted by atomic mass is 10.1. The molecule has 2 N–H and O–H groups in total. The minimum absolute atomic E-state index is 0.0105. The molecule has 0 heterocycles. The van der Waals surface area contributed by atoms with Crippen LogP contribution in [0.15, 0.2) is 54.6 Å². The summed E-state index contributed by atoms with van der Waals surface area (Å²) in [5.41, 5.74) is 3.26. The Balaban J connectivity index is 1.68. The molecular formula is C17H20N2O. The SMILES string of the molecule is Cc1cccc(NC(=O)CNCCc2ccccc2)c1. The molecule has 0 aliphatic rings. The molecule has 2 rings (SSSR count). The first-order chi connectivity index (χ1) is 9.74. The van der Waals surface area contributed by atoms with Crippen molar-refractivity contribution >= 4 is 11.6 Å². The molecule has 3 heteroatoms. The number of amides is 1. The molecule has 0 fully saturated rings. The van der Waals surface area contributed by atoms with Crippen LogP contribution >= 0.6 is 0 Å². The van der Waals surface area contributed by atoms with Gasteiger partial charge in [0.05, 0.1) is 6.54 Å². The van der Waals surface area contributed by atoms with Gasteiger partial charge >= 0.3 is 0 Å². The zero-order valence-corrected chi connectivity index (χ0v) is 11.7. The Morgan fingerprint density at radius 2 is 1.85 bits per heavy atom. The Morgan fingerprint density at radius 1 is 1.05 bits per heavy atom. The summed E-state index contributed by atoms with van der Waals surface area (Å²) in [5, 5.41) is 6.04. The van der Waals surface area contributed by atoms with Crippen LogP contribution in [0, 0.1) is 6.92 Å². The Kier molecular flexibility index (Phi) is 5.33. The molecule has 3 nitrogen and oxygen atoms in total. The van der Waals surface area contributed by atoms with Gasteiger partial charge in [-0.05, 0) is 43.1 Å². The smallest absolute Gasteiger partial charge is 0.238 e. The first-order valence-electron chi connectivity index (χ1n) is 6.85. The summed E-state index contributed by atoms with van der Waals surface area (Å²) in [6.45, 7) is 3.14. The first kappa shape index (κ1) is 14.3. The molecule has 0 radical (unpaired) electrons. The molecule has 0 aliphatic carbocycles. The van der Waals surface area contributed by atoms with E-state index in [4.69, 9.17) is 0 Å². The summed E-state index contributed by atoms with van der Waals surface area (Å²) in [6.07, 6.45) is 0.929. The predicted molar refractivity (Wildman–Crippen MR) is 82.8 cm³/mol. The summed E-state index contributed by atoms with van der Waals surface area (Å²) in [5.74, 6) is -0.0105. The normalized spacial score (nSPS) is 10.2. The van der Waals surface area contributed by atoms with Crippen LogP contribution < -0.4 is 10.6 Å². The van der Waals surface area contributed by atoms with Gasteiger partial charge in [-0.3, -0.25) is 4.79 Å². The lowest BCUT2D eigenvalue weighted by Gasteiger charge is -2.07. The number of carbonyl (C=O) groups is 1. The van der Waals surface area contributed by atoms with Crippen molar-refractivity contribution in [3.8, 4) is 0 Å². The third-order valence-corrected chi connectivity index (χ3v) is 3.02. The van der Waals surface area contributed by atoms with E-state index in [0.29, 0.717) is 6.54 Å². The number of benzene rings is 2. The van der Waals surface area contributed by atoms with Crippen molar-refractivity contribution in [2.75, 3.05) is 18.4 Å². The van der Waals surface area contributed by atoms with E-state index in [-0.39, 0.29) is 5.91 Å². The highest BCUT2D eigenvalue weighted by Crippen LogP contribution is 2.08.